The second kappa shape index (κ2) is 7.41. The summed E-state index contributed by atoms with van der Waals surface area (Å²) < 4.78 is 0. The average molecular weight is 341 g/mol. The van der Waals surface area contributed by atoms with Crippen LogP contribution in [-0.2, 0) is 4.79 Å². The Balaban J connectivity index is 2.18. The number of nitro groups is 1. The van der Waals surface area contributed by atoms with E-state index in [9.17, 15) is 19.7 Å². The number of carboxylic acids is 1. The molecule has 8 heteroatoms. The summed E-state index contributed by atoms with van der Waals surface area (Å²) >= 11 is 5.86. The number of carboxylic acid groups (broad SMARTS) is 1. The van der Waals surface area contributed by atoms with Gasteiger partial charge < -0.3 is 10.0 Å². The van der Waals surface area contributed by atoms with Gasteiger partial charge in [-0.15, -0.1) is 0 Å². The number of carbonyl (C=O) groups excluding carboxylic acids is 1. The van der Waals surface area contributed by atoms with Gasteiger partial charge in [-0.05, 0) is 37.8 Å². The van der Waals surface area contributed by atoms with Crippen LogP contribution in [0.25, 0.3) is 0 Å². The van der Waals surface area contributed by atoms with Crippen molar-refractivity contribution >= 4 is 29.2 Å². The zero-order chi connectivity index (χ0) is 17.0. The van der Waals surface area contributed by atoms with Gasteiger partial charge in [0, 0.05) is 30.6 Å². The minimum atomic E-state index is -0.888. The number of hydrogen-bond donors (Lipinski definition) is 1. The molecular formula is C15H17ClN2O5. The summed E-state index contributed by atoms with van der Waals surface area (Å²) in [5, 5.41) is 19.5. The van der Waals surface area contributed by atoms with E-state index in [-0.39, 0.29) is 34.6 Å². The highest BCUT2D eigenvalue weighted by Gasteiger charge is 2.28. The second-order valence-corrected chi connectivity index (χ2v) is 5.91. The molecule has 124 valence electrons. The van der Waals surface area contributed by atoms with Gasteiger partial charge in [-0.3, -0.25) is 19.7 Å². The van der Waals surface area contributed by atoms with Crippen molar-refractivity contribution in [3.05, 3.63) is 38.9 Å². The van der Waals surface area contributed by atoms with Gasteiger partial charge >= 0.3 is 5.97 Å². The minimum Gasteiger partial charge on any atom is -0.481 e. The third kappa shape index (κ3) is 4.19. The van der Waals surface area contributed by atoms with E-state index in [1.165, 1.54) is 18.2 Å². The molecule has 1 unspecified atom stereocenters. The molecule has 0 bridgehead atoms. The lowest BCUT2D eigenvalue weighted by molar-refractivity contribution is -0.384. The molecule has 1 amide bonds. The molecule has 1 aliphatic heterocycles. The Labute approximate surface area is 138 Å². The molecule has 0 spiro atoms. The maximum Gasteiger partial charge on any atom is 0.303 e. The Bertz CT molecular complexity index is 634. The van der Waals surface area contributed by atoms with Gasteiger partial charge in [-0.1, -0.05) is 11.6 Å². The SMILES string of the molecule is O=C(O)CCC1CCCCN1C(=O)c1ccc([N+](=O)[O-])c(Cl)c1. The van der Waals surface area contributed by atoms with Gasteiger partial charge in [0.2, 0.25) is 0 Å². The first-order valence-corrected chi connectivity index (χ1v) is 7.74. The number of benzene rings is 1. The molecule has 0 saturated carbocycles. The first-order chi connectivity index (χ1) is 10.9. The van der Waals surface area contributed by atoms with Crippen LogP contribution in [-0.4, -0.2) is 39.4 Å². The van der Waals surface area contributed by atoms with Crippen molar-refractivity contribution in [3.63, 3.8) is 0 Å². The standard InChI is InChI=1S/C15H17ClN2O5/c16-12-9-10(4-6-13(12)18(22)23)15(21)17-8-2-1-3-11(17)5-7-14(19)20/h4,6,9,11H,1-3,5,7-8H2,(H,19,20). The molecule has 1 aromatic carbocycles. The highest BCUT2D eigenvalue weighted by atomic mass is 35.5. The molecule has 23 heavy (non-hydrogen) atoms. The fraction of sp³-hybridized carbons (Fsp3) is 0.467. The van der Waals surface area contributed by atoms with Crippen LogP contribution < -0.4 is 0 Å². The van der Waals surface area contributed by atoms with Crippen LogP contribution >= 0.6 is 11.6 Å². The summed E-state index contributed by atoms with van der Waals surface area (Å²) in [7, 11) is 0. The summed E-state index contributed by atoms with van der Waals surface area (Å²) in [6, 6.07) is 3.77. The molecule has 1 atom stereocenters. The van der Waals surface area contributed by atoms with Crippen molar-refractivity contribution in [2.45, 2.75) is 38.1 Å². The fourth-order valence-electron chi connectivity index (χ4n) is 2.81. The Morgan fingerprint density at radius 3 is 2.74 bits per heavy atom. The molecule has 0 radical (unpaired) electrons. The van der Waals surface area contributed by atoms with Crippen molar-refractivity contribution in [2.24, 2.45) is 0 Å². The number of likely N-dealkylation sites (tertiary alicyclic amines) is 1. The number of rotatable bonds is 5. The van der Waals surface area contributed by atoms with Crippen LogP contribution in [0.15, 0.2) is 18.2 Å². The Morgan fingerprint density at radius 1 is 1.39 bits per heavy atom. The van der Waals surface area contributed by atoms with E-state index in [1.54, 1.807) is 4.90 Å². The van der Waals surface area contributed by atoms with Gasteiger partial charge in [0.25, 0.3) is 11.6 Å². The summed E-state index contributed by atoms with van der Waals surface area (Å²) in [4.78, 5) is 35.2. The Kier molecular flexibility index (Phi) is 5.54. The summed E-state index contributed by atoms with van der Waals surface area (Å²) in [6.07, 6.45) is 2.99. The van der Waals surface area contributed by atoms with Gasteiger partial charge in [0.1, 0.15) is 5.02 Å². The van der Waals surface area contributed by atoms with E-state index in [2.05, 4.69) is 0 Å². The largest absolute Gasteiger partial charge is 0.481 e. The maximum atomic E-state index is 12.6. The summed E-state index contributed by atoms with van der Waals surface area (Å²) in [6.45, 7) is 0.553. The van der Waals surface area contributed by atoms with Gasteiger partial charge in [0.05, 0.1) is 4.92 Å². The molecule has 1 aliphatic rings. The molecule has 2 rings (SSSR count). The molecule has 1 N–H and O–H groups in total. The Morgan fingerprint density at radius 2 is 2.13 bits per heavy atom. The van der Waals surface area contributed by atoms with Crippen LogP contribution in [0.4, 0.5) is 5.69 Å². The number of hydrogen-bond acceptors (Lipinski definition) is 4. The predicted octanol–water partition coefficient (Wildman–Crippen LogP) is 3.11. The molecule has 1 heterocycles. The lowest BCUT2D eigenvalue weighted by atomic mass is 9.97. The fourth-order valence-corrected chi connectivity index (χ4v) is 3.06. The van der Waals surface area contributed by atoms with Crippen molar-refractivity contribution in [1.82, 2.24) is 4.90 Å². The molecule has 1 aromatic rings. The molecule has 0 aromatic heterocycles. The second-order valence-electron chi connectivity index (χ2n) is 5.50. The molecule has 1 saturated heterocycles. The van der Waals surface area contributed by atoms with Crippen molar-refractivity contribution in [1.29, 1.82) is 0 Å². The third-order valence-electron chi connectivity index (χ3n) is 3.97. The first-order valence-electron chi connectivity index (χ1n) is 7.37. The van der Waals surface area contributed by atoms with Crippen LogP contribution in [0.3, 0.4) is 0 Å². The van der Waals surface area contributed by atoms with E-state index in [0.29, 0.717) is 13.0 Å². The van der Waals surface area contributed by atoms with E-state index in [4.69, 9.17) is 16.7 Å². The quantitative estimate of drug-likeness (QED) is 0.655. The van der Waals surface area contributed by atoms with Crippen LogP contribution in [0.1, 0.15) is 42.5 Å². The van der Waals surface area contributed by atoms with Crippen LogP contribution in [0, 0.1) is 10.1 Å². The van der Waals surface area contributed by atoms with Crippen molar-refractivity contribution in [2.75, 3.05) is 6.54 Å². The van der Waals surface area contributed by atoms with Crippen molar-refractivity contribution < 1.29 is 19.6 Å². The topological polar surface area (TPSA) is 101 Å². The van der Waals surface area contributed by atoms with Crippen LogP contribution in [0.2, 0.25) is 5.02 Å². The molecule has 0 aliphatic carbocycles. The third-order valence-corrected chi connectivity index (χ3v) is 4.27. The van der Waals surface area contributed by atoms with E-state index < -0.39 is 10.9 Å². The Hall–Kier alpha value is -2.15. The smallest absolute Gasteiger partial charge is 0.303 e. The highest BCUT2D eigenvalue weighted by Crippen LogP contribution is 2.28. The number of nitrogens with zero attached hydrogens (tertiary/aromatic N) is 2. The molecule has 7 nitrogen and oxygen atoms in total. The lowest BCUT2D eigenvalue weighted by Crippen LogP contribution is -2.44. The number of amides is 1. The normalized spacial score (nSPS) is 17.8. The molecular weight excluding hydrogens is 324 g/mol. The first kappa shape index (κ1) is 17.2. The van der Waals surface area contributed by atoms with E-state index in [1.807, 2.05) is 0 Å². The van der Waals surface area contributed by atoms with Gasteiger partial charge in [-0.25, -0.2) is 0 Å². The van der Waals surface area contributed by atoms with Crippen LogP contribution in [0.5, 0.6) is 0 Å². The number of piperidine rings is 1. The summed E-state index contributed by atoms with van der Waals surface area (Å²) in [5.41, 5.74) is 0.0344. The zero-order valence-corrected chi connectivity index (χ0v) is 13.2. The lowest BCUT2D eigenvalue weighted by Gasteiger charge is -2.35. The predicted molar refractivity (Wildman–Crippen MR) is 83.7 cm³/mol. The minimum absolute atomic E-state index is 0.00939. The van der Waals surface area contributed by atoms with Gasteiger partial charge in [0.15, 0.2) is 0 Å². The van der Waals surface area contributed by atoms with Gasteiger partial charge in [-0.2, -0.15) is 0 Å². The number of carbonyl (C=O) groups is 2. The van der Waals surface area contributed by atoms with E-state index in [0.717, 1.165) is 19.3 Å². The maximum absolute atomic E-state index is 12.6. The molecule has 1 fully saturated rings. The van der Waals surface area contributed by atoms with Crippen molar-refractivity contribution in [3.8, 4) is 0 Å². The summed E-state index contributed by atoms with van der Waals surface area (Å²) in [5.74, 6) is -1.15. The average Bonchev–Trinajstić information content (AvgIpc) is 2.52. The number of nitro benzene ring substituents is 1. The van der Waals surface area contributed by atoms with E-state index >= 15 is 0 Å². The zero-order valence-electron chi connectivity index (χ0n) is 12.4. The number of halogens is 1. The number of aliphatic carboxylic acids is 1. The highest BCUT2D eigenvalue weighted by molar-refractivity contribution is 6.33. The monoisotopic (exact) mass is 340 g/mol.